The zero-order chi connectivity index (χ0) is 15.4. The largest absolute Gasteiger partial charge is 0.440 e. The average molecular weight is 292 g/mol. The Morgan fingerprint density at radius 3 is 2.35 bits per heavy atom. The summed E-state index contributed by atoms with van der Waals surface area (Å²) in [5, 5.41) is 8.90. The number of piperidine rings is 1. The second-order valence-electron chi connectivity index (χ2n) is 5.51. The van der Waals surface area contributed by atoms with Crippen LogP contribution >= 0.6 is 0 Å². The smallest absolute Gasteiger partial charge is 0.422 e. The number of likely N-dealkylation sites (tertiary alicyclic amines) is 1. The van der Waals surface area contributed by atoms with E-state index >= 15 is 0 Å². The molecule has 7 heteroatoms. The van der Waals surface area contributed by atoms with Crippen molar-refractivity contribution in [1.82, 2.24) is 4.90 Å². The van der Waals surface area contributed by atoms with Crippen LogP contribution in [0.4, 0.5) is 18.0 Å². The van der Waals surface area contributed by atoms with Gasteiger partial charge in [0.05, 0.1) is 6.07 Å². The van der Waals surface area contributed by atoms with Gasteiger partial charge < -0.3 is 9.64 Å². The Hall–Kier alpha value is -1.45. The van der Waals surface area contributed by atoms with Crippen LogP contribution in [0.1, 0.15) is 33.1 Å². The molecule has 1 rings (SSSR count). The Kier molecular flexibility index (Phi) is 5.26. The van der Waals surface area contributed by atoms with Crippen molar-refractivity contribution < 1.29 is 22.7 Å². The van der Waals surface area contributed by atoms with Gasteiger partial charge in [0.2, 0.25) is 0 Å². The van der Waals surface area contributed by atoms with Crippen LogP contribution < -0.4 is 0 Å². The number of carbonyl (C=O) groups excluding carboxylic acids is 1. The molecule has 1 saturated heterocycles. The van der Waals surface area contributed by atoms with Gasteiger partial charge in [-0.3, -0.25) is 0 Å². The van der Waals surface area contributed by atoms with Crippen molar-refractivity contribution in [2.45, 2.75) is 39.3 Å². The molecule has 0 aliphatic carbocycles. The van der Waals surface area contributed by atoms with E-state index in [9.17, 15) is 18.0 Å². The van der Waals surface area contributed by atoms with E-state index in [4.69, 9.17) is 5.26 Å². The molecule has 0 N–H and O–H groups in total. The molecule has 0 bridgehead atoms. The van der Waals surface area contributed by atoms with Crippen LogP contribution in [0.5, 0.6) is 0 Å². The van der Waals surface area contributed by atoms with Crippen molar-refractivity contribution in [2.24, 2.45) is 11.3 Å². The molecule has 0 aromatic heterocycles. The Morgan fingerprint density at radius 1 is 1.40 bits per heavy atom. The lowest BCUT2D eigenvalue weighted by Crippen LogP contribution is -2.45. The maximum Gasteiger partial charge on any atom is 0.422 e. The summed E-state index contributed by atoms with van der Waals surface area (Å²) in [5.74, 6) is 0.287. The molecular formula is C13H19F3N2O2. The molecule has 1 heterocycles. The van der Waals surface area contributed by atoms with Crippen LogP contribution in [0.15, 0.2) is 0 Å². The minimum Gasteiger partial charge on any atom is -0.440 e. The first-order valence-corrected chi connectivity index (χ1v) is 6.55. The van der Waals surface area contributed by atoms with E-state index in [-0.39, 0.29) is 11.3 Å². The van der Waals surface area contributed by atoms with Gasteiger partial charge in [0.25, 0.3) is 0 Å². The Morgan fingerprint density at radius 2 is 1.95 bits per heavy atom. The third-order valence-electron chi connectivity index (χ3n) is 4.03. The zero-order valence-electron chi connectivity index (χ0n) is 11.7. The van der Waals surface area contributed by atoms with Crippen LogP contribution in [-0.4, -0.2) is 36.9 Å². The van der Waals surface area contributed by atoms with Crippen LogP contribution in [0, 0.1) is 22.7 Å². The average Bonchev–Trinajstić information content (AvgIpc) is 2.36. The third kappa shape index (κ3) is 4.29. The van der Waals surface area contributed by atoms with E-state index < -0.39 is 18.9 Å². The molecule has 114 valence electrons. The number of alkyl halides is 3. The Labute approximate surface area is 116 Å². The summed E-state index contributed by atoms with van der Waals surface area (Å²) >= 11 is 0. The van der Waals surface area contributed by atoms with Gasteiger partial charge in [0.15, 0.2) is 6.61 Å². The molecule has 20 heavy (non-hydrogen) atoms. The quantitative estimate of drug-likeness (QED) is 0.801. The number of halogens is 3. The van der Waals surface area contributed by atoms with E-state index in [0.717, 1.165) is 0 Å². The number of nitriles is 1. The van der Waals surface area contributed by atoms with E-state index in [0.29, 0.717) is 32.4 Å². The second kappa shape index (κ2) is 6.33. The monoisotopic (exact) mass is 292 g/mol. The number of amides is 1. The summed E-state index contributed by atoms with van der Waals surface area (Å²) in [4.78, 5) is 12.8. The minimum absolute atomic E-state index is 0.157. The lowest BCUT2D eigenvalue weighted by molar-refractivity contribution is -0.163. The van der Waals surface area contributed by atoms with E-state index in [1.807, 2.05) is 13.8 Å². The van der Waals surface area contributed by atoms with Crippen LogP contribution in [-0.2, 0) is 4.74 Å². The highest BCUT2D eigenvalue weighted by atomic mass is 19.4. The molecule has 4 nitrogen and oxygen atoms in total. The lowest BCUT2D eigenvalue weighted by Gasteiger charge is -2.43. The van der Waals surface area contributed by atoms with E-state index in [1.165, 1.54) is 4.90 Å². The first-order valence-electron chi connectivity index (χ1n) is 6.55. The topological polar surface area (TPSA) is 53.3 Å². The van der Waals surface area contributed by atoms with Crippen molar-refractivity contribution in [3.05, 3.63) is 0 Å². The predicted octanol–water partition coefficient (Wildman–Crippen LogP) is 3.34. The first-order chi connectivity index (χ1) is 9.20. The number of ether oxygens (including phenoxy) is 1. The normalized spacial score (nSPS) is 18.8. The highest BCUT2D eigenvalue weighted by molar-refractivity contribution is 5.67. The molecule has 0 atom stereocenters. The van der Waals surface area contributed by atoms with Crippen molar-refractivity contribution >= 4 is 6.09 Å². The van der Waals surface area contributed by atoms with Crippen LogP contribution in [0.2, 0.25) is 0 Å². The first kappa shape index (κ1) is 16.6. The van der Waals surface area contributed by atoms with Crippen LogP contribution in [0.25, 0.3) is 0 Å². The number of hydrogen-bond acceptors (Lipinski definition) is 3. The maximum atomic E-state index is 12.0. The number of carbonyl (C=O) groups is 1. The zero-order valence-corrected chi connectivity index (χ0v) is 11.7. The predicted molar refractivity (Wildman–Crippen MR) is 65.7 cm³/mol. The molecule has 1 amide bonds. The Bertz CT molecular complexity index is 380. The van der Waals surface area contributed by atoms with E-state index in [2.05, 4.69) is 10.8 Å². The number of hydrogen-bond donors (Lipinski definition) is 0. The van der Waals surface area contributed by atoms with Crippen molar-refractivity contribution in [1.29, 1.82) is 5.26 Å². The van der Waals surface area contributed by atoms with Gasteiger partial charge in [-0.1, -0.05) is 13.8 Å². The molecule has 0 radical (unpaired) electrons. The fourth-order valence-corrected chi connectivity index (χ4v) is 2.49. The third-order valence-corrected chi connectivity index (χ3v) is 4.03. The van der Waals surface area contributed by atoms with Gasteiger partial charge in [-0.05, 0) is 24.2 Å². The molecule has 0 aromatic carbocycles. The summed E-state index contributed by atoms with van der Waals surface area (Å²) in [7, 11) is 0. The molecular weight excluding hydrogens is 273 g/mol. The summed E-state index contributed by atoms with van der Waals surface area (Å²) in [6.45, 7) is 3.15. The fourth-order valence-electron chi connectivity index (χ4n) is 2.49. The fraction of sp³-hybridized carbons (Fsp3) is 0.846. The van der Waals surface area contributed by atoms with E-state index in [1.54, 1.807) is 0 Å². The van der Waals surface area contributed by atoms with Gasteiger partial charge in [0.1, 0.15) is 0 Å². The lowest BCUT2D eigenvalue weighted by atomic mass is 9.68. The maximum absolute atomic E-state index is 12.0. The standard InChI is InChI=1S/C13H19F3N2O2/c1-10(2)12(3-6-17)4-7-18(8-5-12)11(19)20-9-13(14,15)16/h10H,3-5,7-9H2,1-2H3. The molecule has 0 spiro atoms. The van der Waals surface area contributed by atoms with Gasteiger partial charge in [-0.25, -0.2) is 4.79 Å². The minimum atomic E-state index is -4.51. The highest BCUT2D eigenvalue weighted by Gasteiger charge is 2.39. The molecule has 0 aromatic rings. The summed E-state index contributed by atoms with van der Waals surface area (Å²) in [6.07, 6.45) is -3.82. The molecule has 0 saturated carbocycles. The van der Waals surface area contributed by atoms with Crippen LogP contribution in [0.3, 0.4) is 0 Å². The molecule has 0 unspecified atom stereocenters. The molecule has 1 aliphatic rings. The summed E-state index contributed by atoms with van der Waals surface area (Å²) in [5.41, 5.74) is -0.157. The summed E-state index contributed by atoms with van der Waals surface area (Å²) in [6, 6.07) is 2.17. The van der Waals surface area contributed by atoms with Crippen molar-refractivity contribution in [3.63, 3.8) is 0 Å². The Balaban J connectivity index is 2.53. The number of nitrogens with zero attached hydrogens (tertiary/aromatic N) is 2. The summed E-state index contributed by atoms with van der Waals surface area (Å²) < 4.78 is 40.2. The second-order valence-corrected chi connectivity index (χ2v) is 5.51. The number of rotatable bonds is 3. The van der Waals surface area contributed by atoms with Crippen molar-refractivity contribution in [3.8, 4) is 6.07 Å². The van der Waals surface area contributed by atoms with Crippen molar-refractivity contribution in [2.75, 3.05) is 19.7 Å². The van der Waals surface area contributed by atoms with Gasteiger partial charge in [-0.2, -0.15) is 18.4 Å². The van der Waals surface area contributed by atoms with Gasteiger partial charge in [-0.15, -0.1) is 0 Å². The SMILES string of the molecule is CC(C)C1(CC#N)CCN(C(=O)OCC(F)(F)F)CC1. The van der Waals surface area contributed by atoms with Gasteiger partial charge >= 0.3 is 12.3 Å². The van der Waals surface area contributed by atoms with Gasteiger partial charge in [0, 0.05) is 19.5 Å². The highest BCUT2D eigenvalue weighted by Crippen LogP contribution is 2.41. The molecule has 1 fully saturated rings. The molecule has 1 aliphatic heterocycles.